The Kier molecular flexibility index (Phi) is 7.22. The van der Waals surface area contributed by atoms with E-state index >= 15 is 0 Å². The summed E-state index contributed by atoms with van der Waals surface area (Å²) in [6.45, 7) is 8.45. The lowest BCUT2D eigenvalue weighted by Crippen LogP contribution is -2.48. The van der Waals surface area contributed by atoms with E-state index in [4.69, 9.17) is 4.74 Å². The molecule has 1 heterocycles. The van der Waals surface area contributed by atoms with Gasteiger partial charge in [0.15, 0.2) is 0 Å². The zero-order valence-corrected chi connectivity index (χ0v) is 18.0. The summed E-state index contributed by atoms with van der Waals surface area (Å²) in [6, 6.07) is 6.24. The second-order valence-electron chi connectivity index (χ2n) is 7.60. The van der Waals surface area contributed by atoms with Gasteiger partial charge in [0.25, 0.3) is 0 Å². The van der Waals surface area contributed by atoms with Gasteiger partial charge in [-0.25, -0.2) is 13.2 Å². The zero-order chi connectivity index (χ0) is 21.1. The number of hydrogen-bond donors (Lipinski definition) is 0. The Morgan fingerprint density at radius 2 is 1.61 bits per heavy atom. The van der Waals surface area contributed by atoms with Gasteiger partial charge < -0.3 is 9.64 Å². The Morgan fingerprint density at radius 1 is 1.07 bits per heavy atom. The smallest absolute Gasteiger partial charge is 0.339 e. The largest absolute Gasteiger partial charge is 0.465 e. The minimum atomic E-state index is -3.84. The molecule has 0 N–H and O–H groups in total. The van der Waals surface area contributed by atoms with Crippen molar-refractivity contribution in [2.45, 2.75) is 57.5 Å². The number of esters is 1. The lowest BCUT2D eigenvalue weighted by atomic mass is 9.95. The van der Waals surface area contributed by atoms with E-state index in [0.717, 1.165) is 0 Å². The third-order valence-corrected chi connectivity index (χ3v) is 7.04. The first-order valence-corrected chi connectivity index (χ1v) is 11.0. The van der Waals surface area contributed by atoms with E-state index < -0.39 is 16.0 Å². The lowest BCUT2D eigenvalue weighted by Gasteiger charge is -2.37. The topological polar surface area (TPSA) is 84.0 Å². The fourth-order valence-electron chi connectivity index (χ4n) is 3.77. The van der Waals surface area contributed by atoms with Crippen LogP contribution in [-0.2, 0) is 19.6 Å². The molecule has 1 aliphatic heterocycles. The number of benzene rings is 1. The van der Waals surface area contributed by atoms with Crippen molar-refractivity contribution >= 4 is 21.9 Å². The molecule has 2 rings (SSSR count). The second kappa shape index (κ2) is 9.05. The van der Waals surface area contributed by atoms with Gasteiger partial charge in [0, 0.05) is 31.1 Å². The molecule has 1 aromatic rings. The quantitative estimate of drug-likeness (QED) is 0.673. The molecule has 156 valence electrons. The van der Waals surface area contributed by atoms with Gasteiger partial charge in [-0.3, -0.25) is 4.79 Å². The van der Waals surface area contributed by atoms with Crippen LogP contribution < -0.4 is 0 Å². The molecule has 0 aliphatic carbocycles. The highest BCUT2D eigenvalue weighted by Crippen LogP contribution is 2.28. The first-order valence-electron chi connectivity index (χ1n) is 9.61. The molecule has 0 radical (unpaired) electrons. The molecule has 0 saturated carbocycles. The molecule has 28 heavy (non-hydrogen) atoms. The second-order valence-corrected chi connectivity index (χ2v) is 9.51. The molecule has 1 fully saturated rings. The van der Waals surface area contributed by atoms with E-state index in [-0.39, 0.29) is 47.5 Å². The van der Waals surface area contributed by atoms with Gasteiger partial charge in [0.2, 0.25) is 15.9 Å². The first kappa shape index (κ1) is 22.4. The minimum Gasteiger partial charge on any atom is -0.465 e. The molecule has 0 atom stereocenters. The molecule has 1 amide bonds. The average molecular weight is 411 g/mol. The van der Waals surface area contributed by atoms with E-state index in [1.807, 2.05) is 32.6 Å². The van der Waals surface area contributed by atoms with Gasteiger partial charge in [0.05, 0.1) is 17.6 Å². The normalized spacial score (nSPS) is 16.4. The van der Waals surface area contributed by atoms with Crippen molar-refractivity contribution in [1.29, 1.82) is 0 Å². The molecule has 8 heteroatoms. The molecule has 1 saturated heterocycles. The lowest BCUT2D eigenvalue weighted by molar-refractivity contribution is -0.140. The Bertz CT molecular complexity index is 804. The fourth-order valence-corrected chi connectivity index (χ4v) is 5.42. The molecule has 1 aliphatic rings. The number of hydrogen-bond acceptors (Lipinski definition) is 5. The van der Waals surface area contributed by atoms with Crippen molar-refractivity contribution in [2.24, 2.45) is 5.92 Å². The SMILES string of the molecule is COC(=O)c1ccccc1S(=O)(=O)N1CCC(C(=O)N(C(C)C)C(C)C)CC1. The van der Waals surface area contributed by atoms with Gasteiger partial charge >= 0.3 is 5.97 Å². The summed E-state index contributed by atoms with van der Waals surface area (Å²) in [5.74, 6) is -0.794. The van der Waals surface area contributed by atoms with Crippen molar-refractivity contribution in [1.82, 2.24) is 9.21 Å². The maximum Gasteiger partial charge on any atom is 0.339 e. The van der Waals surface area contributed by atoms with Crippen LogP contribution >= 0.6 is 0 Å². The van der Waals surface area contributed by atoms with E-state index in [1.54, 1.807) is 12.1 Å². The third-order valence-electron chi connectivity index (χ3n) is 5.08. The zero-order valence-electron chi connectivity index (χ0n) is 17.2. The van der Waals surface area contributed by atoms with Crippen LogP contribution in [0.15, 0.2) is 29.2 Å². The number of amides is 1. The van der Waals surface area contributed by atoms with Crippen molar-refractivity contribution in [3.8, 4) is 0 Å². The Balaban J connectivity index is 2.17. The highest BCUT2D eigenvalue weighted by atomic mass is 32.2. The van der Waals surface area contributed by atoms with Gasteiger partial charge in [-0.2, -0.15) is 4.31 Å². The minimum absolute atomic E-state index is 0.0222. The molecule has 7 nitrogen and oxygen atoms in total. The predicted octanol–water partition coefficient (Wildman–Crippen LogP) is 2.52. The number of nitrogens with zero attached hydrogens (tertiary/aromatic N) is 2. The standard InChI is InChI=1S/C20H30N2O5S/c1-14(2)22(15(3)4)19(23)16-10-12-21(13-11-16)28(25,26)18-9-7-6-8-17(18)20(24)27-5/h6-9,14-16H,10-13H2,1-5H3. The van der Waals surface area contributed by atoms with Gasteiger partial charge in [-0.15, -0.1) is 0 Å². The van der Waals surface area contributed by atoms with Crippen LogP contribution in [0.1, 0.15) is 50.9 Å². The summed E-state index contributed by atoms with van der Waals surface area (Å²) >= 11 is 0. The summed E-state index contributed by atoms with van der Waals surface area (Å²) < 4.78 is 32.2. The van der Waals surface area contributed by atoms with Gasteiger partial charge in [0.1, 0.15) is 0 Å². The molecule has 0 spiro atoms. The number of rotatable bonds is 6. The number of sulfonamides is 1. The monoisotopic (exact) mass is 410 g/mol. The molecule has 0 unspecified atom stereocenters. The summed E-state index contributed by atoms with van der Waals surface area (Å²) in [7, 11) is -2.62. The maximum absolute atomic E-state index is 13.1. The molecular weight excluding hydrogens is 380 g/mol. The summed E-state index contributed by atoms with van der Waals surface area (Å²) in [6.07, 6.45) is 0.933. The Labute approximate surface area is 167 Å². The third kappa shape index (κ3) is 4.55. The van der Waals surface area contributed by atoms with E-state index in [2.05, 4.69) is 0 Å². The van der Waals surface area contributed by atoms with Crippen LogP contribution in [0.2, 0.25) is 0 Å². The highest BCUT2D eigenvalue weighted by molar-refractivity contribution is 7.89. The maximum atomic E-state index is 13.1. The summed E-state index contributed by atoms with van der Waals surface area (Å²) in [5, 5.41) is 0. The summed E-state index contributed by atoms with van der Waals surface area (Å²) in [4.78, 5) is 26.6. The fraction of sp³-hybridized carbons (Fsp3) is 0.600. The number of piperidine rings is 1. The first-order chi connectivity index (χ1) is 13.1. The van der Waals surface area contributed by atoms with Crippen LogP contribution in [-0.4, -0.2) is 61.8 Å². The van der Waals surface area contributed by atoms with Crippen molar-refractivity contribution in [3.05, 3.63) is 29.8 Å². The molecule has 0 aromatic heterocycles. The van der Waals surface area contributed by atoms with E-state index in [0.29, 0.717) is 12.8 Å². The predicted molar refractivity (Wildman–Crippen MR) is 106 cm³/mol. The number of carbonyl (C=O) groups is 2. The van der Waals surface area contributed by atoms with E-state index in [1.165, 1.54) is 23.5 Å². The van der Waals surface area contributed by atoms with Crippen LogP contribution in [0.25, 0.3) is 0 Å². The summed E-state index contributed by atoms with van der Waals surface area (Å²) in [5.41, 5.74) is 0.0222. The van der Waals surface area contributed by atoms with E-state index in [9.17, 15) is 18.0 Å². The van der Waals surface area contributed by atoms with Crippen LogP contribution in [0, 0.1) is 5.92 Å². The Morgan fingerprint density at radius 3 is 2.11 bits per heavy atom. The number of methoxy groups -OCH3 is 1. The van der Waals surface area contributed by atoms with Crippen molar-refractivity contribution in [2.75, 3.05) is 20.2 Å². The van der Waals surface area contributed by atoms with Crippen LogP contribution in [0.4, 0.5) is 0 Å². The molecule has 1 aromatic carbocycles. The molecule has 0 bridgehead atoms. The average Bonchev–Trinajstić information content (AvgIpc) is 2.66. The van der Waals surface area contributed by atoms with Crippen molar-refractivity contribution < 1.29 is 22.7 Å². The number of carbonyl (C=O) groups excluding carboxylic acids is 2. The van der Waals surface area contributed by atoms with Crippen molar-refractivity contribution in [3.63, 3.8) is 0 Å². The van der Waals surface area contributed by atoms with Gasteiger partial charge in [-0.05, 0) is 52.7 Å². The van der Waals surface area contributed by atoms with Crippen LogP contribution in [0.5, 0.6) is 0 Å². The van der Waals surface area contributed by atoms with Gasteiger partial charge in [-0.1, -0.05) is 12.1 Å². The number of ether oxygens (including phenoxy) is 1. The Hall–Kier alpha value is -1.93. The highest BCUT2D eigenvalue weighted by Gasteiger charge is 2.36. The molecular formula is C20H30N2O5S. The van der Waals surface area contributed by atoms with Crippen LogP contribution in [0.3, 0.4) is 0 Å².